The molecular weight excluding hydrogens is 230 g/mol. The smallest absolute Gasteiger partial charge is 0.410 e. The highest BCUT2D eigenvalue weighted by molar-refractivity contribution is 5.70. The summed E-state index contributed by atoms with van der Waals surface area (Å²) in [4.78, 5) is 13.7. The number of benzene rings is 1. The summed E-state index contributed by atoms with van der Waals surface area (Å²) in [5.41, 5.74) is 0. The van der Waals surface area contributed by atoms with E-state index >= 15 is 0 Å². The third-order valence-corrected chi connectivity index (χ3v) is 3.13. The molecule has 1 fully saturated rings. The van der Waals surface area contributed by atoms with Gasteiger partial charge in [-0.3, -0.25) is 0 Å². The number of likely N-dealkylation sites (tertiary alicyclic amines) is 1. The van der Waals surface area contributed by atoms with Gasteiger partial charge >= 0.3 is 6.09 Å². The lowest BCUT2D eigenvalue weighted by Crippen LogP contribution is -2.42. The van der Waals surface area contributed by atoms with Crippen molar-refractivity contribution >= 4 is 6.09 Å². The number of piperidine rings is 1. The van der Waals surface area contributed by atoms with E-state index < -0.39 is 0 Å². The molecule has 0 bridgehead atoms. The highest BCUT2D eigenvalue weighted by Gasteiger charge is 2.24. The molecule has 1 heterocycles. The summed E-state index contributed by atoms with van der Waals surface area (Å²) in [6, 6.07) is 9.18. The number of para-hydroxylation sites is 1. The topological polar surface area (TPSA) is 38.8 Å². The number of methoxy groups -OCH3 is 1. The Morgan fingerprint density at radius 2 is 2.17 bits per heavy atom. The average Bonchev–Trinajstić information content (AvgIpc) is 2.40. The lowest BCUT2D eigenvalue weighted by molar-refractivity contribution is 0.0859. The summed E-state index contributed by atoms with van der Waals surface area (Å²) < 4.78 is 10.5. The van der Waals surface area contributed by atoms with Crippen molar-refractivity contribution in [2.24, 2.45) is 5.92 Å². The quantitative estimate of drug-likeness (QED) is 0.826. The second kappa shape index (κ2) is 6.40. The Labute approximate surface area is 107 Å². The molecule has 98 valence electrons. The van der Waals surface area contributed by atoms with E-state index in [1.54, 1.807) is 24.1 Å². The first-order chi connectivity index (χ1) is 8.79. The molecular formula is C14H19NO3. The third kappa shape index (κ3) is 3.47. The minimum Gasteiger partial charge on any atom is -0.410 e. The summed E-state index contributed by atoms with van der Waals surface area (Å²) >= 11 is 0. The van der Waals surface area contributed by atoms with Crippen LogP contribution in [-0.4, -0.2) is 37.8 Å². The highest BCUT2D eigenvalue weighted by atomic mass is 16.6. The van der Waals surface area contributed by atoms with Crippen LogP contribution in [0.5, 0.6) is 5.75 Å². The monoisotopic (exact) mass is 249 g/mol. The van der Waals surface area contributed by atoms with Crippen LogP contribution in [0.3, 0.4) is 0 Å². The van der Waals surface area contributed by atoms with Crippen LogP contribution >= 0.6 is 0 Å². The SMILES string of the molecule is COCC1CCCN(C(=O)Oc2ccccc2)C1. The average molecular weight is 249 g/mol. The summed E-state index contributed by atoms with van der Waals surface area (Å²) in [6.07, 6.45) is 1.86. The van der Waals surface area contributed by atoms with Gasteiger partial charge in [-0.2, -0.15) is 0 Å². The van der Waals surface area contributed by atoms with Crippen molar-refractivity contribution in [1.29, 1.82) is 0 Å². The first-order valence-electron chi connectivity index (χ1n) is 6.30. The number of hydrogen-bond donors (Lipinski definition) is 0. The predicted octanol–water partition coefficient (Wildman–Crippen LogP) is 2.54. The number of ether oxygens (including phenoxy) is 2. The van der Waals surface area contributed by atoms with Crippen LogP contribution in [-0.2, 0) is 4.74 Å². The summed E-state index contributed by atoms with van der Waals surface area (Å²) in [5.74, 6) is 1.02. The van der Waals surface area contributed by atoms with Crippen molar-refractivity contribution < 1.29 is 14.3 Å². The van der Waals surface area contributed by atoms with E-state index in [0.717, 1.165) is 25.9 Å². The van der Waals surface area contributed by atoms with Crippen LogP contribution in [0.25, 0.3) is 0 Å². The lowest BCUT2D eigenvalue weighted by atomic mass is 9.99. The molecule has 1 atom stereocenters. The fourth-order valence-corrected chi connectivity index (χ4v) is 2.26. The first-order valence-corrected chi connectivity index (χ1v) is 6.30. The van der Waals surface area contributed by atoms with Crippen molar-refractivity contribution in [2.45, 2.75) is 12.8 Å². The number of hydrogen-bond acceptors (Lipinski definition) is 3. The maximum Gasteiger partial charge on any atom is 0.415 e. The largest absolute Gasteiger partial charge is 0.415 e. The van der Waals surface area contributed by atoms with E-state index in [2.05, 4.69) is 0 Å². The van der Waals surface area contributed by atoms with Gasteiger partial charge in [-0.15, -0.1) is 0 Å². The number of carbonyl (C=O) groups is 1. The first kappa shape index (κ1) is 12.9. The number of nitrogens with zero attached hydrogens (tertiary/aromatic N) is 1. The van der Waals surface area contributed by atoms with Gasteiger partial charge in [0.15, 0.2) is 0 Å². The molecule has 0 aromatic heterocycles. The number of rotatable bonds is 3. The van der Waals surface area contributed by atoms with Crippen molar-refractivity contribution in [3.63, 3.8) is 0 Å². The molecule has 1 amide bonds. The maximum absolute atomic E-state index is 12.0. The van der Waals surface area contributed by atoms with Crippen LogP contribution in [0.1, 0.15) is 12.8 Å². The standard InChI is InChI=1S/C14H19NO3/c1-17-11-12-6-5-9-15(10-12)14(16)18-13-7-3-2-4-8-13/h2-4,7-8,12H,5-6,9-11H2,1H3. The Hall–Kier alpha value is -1.55. The van der Waals surface area contributed by atoms with Gasteiger partial charge < -0.3 is 14.4 Å². The lowest BCUT2D eigenvalue weighted by Gasteiger charge is -2.31. The third-order valence-electron chi connectivity index (χ3n) is 3.13. The van der Waals surface area contributed by atoms with Gasteiger partial charge in [0.25, 0.3) is 0 Å². The van der Waals surface area contributed by atoms with Crippen molar-refractivity contribution in [1.82, 2.24) is 4.90 Å². The molecule has 1 aromatic carbocycles. The van der Waals surface area contributed by atoms with E-state index in [1.807, 2.05) is 18.2 Å². The van der Waals surface area contributed by atoms with E-state index in [4.69, 9.17) is 9.47 Å². The minimum atomic E-state index is -0.262. The molecule has 1 saturated heterocycles. The molecule has 0 N–H and O–H groups in total. The van der Waals surface area contributed by atoms with Crippen molar-refractivity contribution in [2.75, 3.05) is 26.8 Å². The summed E-state index contributed by atoms with van der Waals surface area (Å²) in [6.45, 7) is 2.19. The Bertz CT molecular complexity index is 378. The van der Waals surface area contributed by atoms with Crippen LogP contribution in [0.4, 0.5) is 4.79 Å². The molecule has 1 aliphatic heterocycles. The van der Waals surface area contributed by atoms with Crippen LogP contribution in [0.15, 0.2) is 30.3 Å². The number of amides is 1. The van der Waals surface area contributed by atoms with Crippen molar-refractivity contribution in [3.05, 3.63) is 30.3 Å². The Morgan fingerprint density at radius 1 is 1.39 bits per heavy atom. The van der Waals surface area contributed by atoms with Gasteiger partial charge in [0.1, 0.15) is 5.75 Å². The van der Waals surface area contributed by atoms with Crippen LogP contribution in [0.2, 0.25) is 0 Å². The van der Waals surface area contributed by atoms with E-state index in [9.17, 15) is 4.79 Å². The second-order valence-corrected chi connectivity index (χ2v) is 4.59. The van der Waals surface area contributed by atoms with Crippen molar-refractivity contribution in [3.8, 4) is 5.75 Å². The van der Waals surface area contributed by atoms with E-state index in [1.165, 1.54) is 0 Å². The zero-order valence-corrected chi connectivity index (χ0v) is 10.7. The summed E-state index contributed by atoms with van der Waals surface area (Å²) in [7, 11) is 1.70. The Balaban J connectivity index is 1.88. The maximum atomic E-state index is 12.0. The normalized spacial score (nSPS) is 19.6. The zero-order chi connectivity index (χ0) is 12.8. The van der Waals surface area contributed by atoms with Gasteiger partial charge in [-0.1, -0.05) is 18.2 Å². The van der Waals surface area contributed by atoms with Gasteiger partial charge in [-0.05, 0) is 25.0 Å². The van der Waals surface area contributed by atoms with Crippen LogP contribution < -0.4 is 4.74 Å². The Kier molecular flexibility index (Phi) is 4.59. The van der Waals surface area contributed by atoms with Crippen LogP contribution in [0, 0.1) is 5.92 Å². The number of carbonyl (C=O) groups excluding carboxylic acids is 1. The van der Waals surface area contributed by atoms with Gasteiger partial charge in [0.2, 0.25) is 0 Å². The molecule has 0 aliphatic carbocycles. The van der Waals surface area contributed by atoms with Gasteiger partial charge in [0.05, 0.1) is 6.61 Å². The molecule has 1 aromatic rings. The molecule has 18 heavy (non-hydrogen) atoms. The molecule has 2 rings (SSSR count). The van der Waals surface area contributed by atoms with Gasteiger partial charge in [-0.25, -0.2) is 4.79 Å². The molecule has 0 spiro atoms. The molecule has 1 unspecified atom stereocenters. The Morgan fingerprint density at radius 3 is 2.89 bits per heavy atom. The zero-order valence-electron chi connectivity index (χ0n) is 10.7. The molecule has 1 aliphatic rings. The fourth-order valence-electron chi connectivity index (χ4n) is 2.26. The van der Waals surface area contributed by atoms with E-state index in [-0.39, 0.29) is 6.09 Å². The molecule has 4 heteroatoms. The fraction of sp³-hybridized carbons (Fsp3) is 0.500. The predicted molar refractivity (Wildman–Crippen MR) is 68.6 cm³/mol. The van der Waals surface area contributed by atoms with E-state index in [0.29, 0.717) is 18.3 Å². The molecule has 0 radical (unpaired) electrons. The summed E-state index contributed by atoms with van der Waals surface area (Å²) in [5, 5.41) is 0. The molecule has 4 nitrogen and oxygen atoms in total. The molecule has 0 saturated carbocycles. The minimum absolute atomic E-state index is 0.262. The van der Waals surface area contributed by atoms with Gasteiger partial charge in [0, 0.05) is 26.1 Å². The highest BCUT2D eigenvalue weighted by Crippen LogP contribution is 2.18. The second-order valence-electron chi connectivity index (χ2n) is 4.59.